The first-order valence-electron chi connectivity index (χ1n) is 4.28. The van der Waals surface area contributed by atoms with Gasteiger partial charge in [0.05, 0.1) is 11.3 Å². The summed E-state index contributed by atoms with van der Waals surface area (Å²) in [6.07, 6.45) is 0. The number of nitrogens with one attached hydrogen (secondary N) is 1. The predicted molar refractivity (Wildman–Crippen MR) is 51.8 cm³/mol. The van der Waals surface area contributed by atoms with E-state index >= 15 is 0 Å². The van der Waals surface area contributed by atoms with Crippen molar-refractivity contribution in [2.24, 2.45) is 0 Å². The van der Waals surface area contributed by atoms with Gasteiger partial charge in [-0.05, 0) is 6.07 Å². The molecule has 0 aliphatic carbocycles. The van der Waals surface area contributed by atoms with Crippen molar-refractivity contribution in [1.82, 2.24) is 0 Å². The fourth-order valence-electron chi connectivity index (χ4n) is 1.60. The van der Waals surface area contributed by atoms with Crippen LogP contribution in [0.3, 0.4) is 0 Å². The predicted octanol–water partition coefficient (Wildman–Crippen LogP) is 0.504. The van der Waals surface area contributed by atoms with Gasteiger partial charge in [-0.25, -0.2) is 0 Å². The van der Waals surface area contributed by atoms with Crippen LogP contribution in [0, 0.1) is 0 Å². The number of benzene rings is 1. The SMILES string of the molecule is BC(=O)c1cccc2c1C(F)(F)C(=O)N2. The highest BCUT2D eigenvalue weighted by atomic mass is 19.3. The summed E-state index contributed by atoms with van der Waals surface area (Å²) in [6, 6.07) is 4.09. The Morgan fingerprint density at radius 2 is 2.07 bits per heavy atom. The molecule has 1 N–H and O–H groups in total. The average Bonchev–Trinajstić information content (AvgIpc) is 2.38. The van der Waals surface area contributed by atoms with Gasteiger partial charge in [-0.2, -0.15) is 8.78 Å². The third-order valence-electron chi connectivity index (χ3n) is 2.29. The van der Waals surface area contributed by atoms with E-state index in [2.05, 4.69) is 0 Å². The highest BCUT2D eigenvalue weighted by Crippen LogP contribution is 2.42. The van der Waals surface area contributed by atoms with E-state index in [0.29, 0.717) is 0 Å². The molecule has 1 aliphatic heterocycles. The van der Waals surface area contributed by atoms with Crippen molar-refractivity contribution in [1.29, 1.82) is 0 Å². The molecule has 0 fully saturated rings. The van der Waals surface area contributed by atoms with Crippen LogP contribution >= 0.6 is 0 Å². The number of rotatable bonds is 1. The third kappa shape index (κ3) is 1.25. The number of amides is 1. The molecule has 3 nitrogen and oxygen atoms in total. The molecule has 76 valence electrons. The van der Waals surface area contributed by atoms with Crippen LogP contribution in [0.2, 0.25) is 0 Å². The van der Waals surface area contributed by atoms with E-state index < -0.39 is 23.1 Å². The first-order valence-corrected chi connectivity index (χ1v) is 4.28. The summed E-state index contributed by atoms with van der Waals surface area (Å²) in [5.74, 6) is -5.00. The molecule has 0 radical (unpaired) electrons. The molecule has 1 aromatic carbocycles. The number of hydrogen-bond donors (Lipinski definition) is 1. The van der Waals surface area contributed by atoms with Crippen molar-refractivity contribution in [2.75, 3.05) is 5.32 Å². The molecule has 2 rings (SSSR count). The molecular weight excluding hydrogens is 203 g/mol. The molecule has 0 atom stereocenters. The highest BCUT2D eigenvalue weighted by molar-refractivity contribution is 6.62. The Balaban J connectivity index is 2.72. The van der Waals surface area contributed by atoms with E-state index in [9.17, 15) is 18.4 Å². The lowest BCUT2D eigenvalue weighted by molar-refractivity contribution is -0.139. The summed E-state index contributed by atoms with van der Waals surface area (Å²) in [4.78, 5) is 22.1. The standard InChI is InChI=1S/C9H6BF2NO2/c10-7(14)4-2-1-3-5-6(4)9(11,12)8(15)13-5/h1-3H,10H2,(H,13,15). The number of carbonyl (C=O) groups excluding carboxylic acids is 2. The molecule has 0 saturated carbocycles. The van der Waals surface area contributed by atoms with Crippen LogP contribution in [-0.2, 0) is 10.7 Å². The zero-order valence-corrected chi connectivity index (χ0v) is 7.80. The Kier molecular flexibility index (Phi) is 1.89. The quantitative estimate of drug-likeness (QED) is 0.684. The Bertz CT molecular complexity index is 473. The maximum absolute atomic E-state index is 13.4. The first-order chi connectivity index (χ1) is 6.94. The second-order valence-electron chi connectivity index (χ2n) is 3.31. The van der Waals surface area contributed by atoms with E-state index in [1.807, 2.05) is 5.32 Å². The number of alkyl halides is 2. The van der Waals surface area contributed by atoms with E-state index in [1.54, 1.807) is 0 Å². The Morgan fingerprint density at radius 3 is 2.67 bits per heavy atom. The van der Waals surface area contributed by atoms with Crippen LogP contribution in [0.15, 0.2) is 18.2 Å². The van der Waals surface area contributed by atoms with Crippen molar-refractivity contribution < 1.29 is 18.4 Å². The summed E-state index contributed by atoms with van der Waals surface area (Å²) >= 11 is 0. The molecule has 0 unspecified atom stereocenters. The molecule has 1 heterocycles. The fraction of sp³-hybridized carbons (Fsp3) is 0.111. The Hall–Kier alpha value is -1.72. The maximum Gasteiger partial charge on any atom is 0.352 e. The monoisotopic (exact) mass is 209 g/mol. The Morgan fingerprint density at radius 1 is 1.40 bits per heavy atom. The molecule has 1 amide bonds. The van der Waals surface area contributed by atoms with Gasteiger partial charge in [-0.1, -0.05) is 12.1 Å². The van der Waals surface area contributed by atoms with Gasteiger partial charge in [0.25, 0.3) is 5.91 Å². The van der Waals surface area contributed by atoms with E-state index in [1.165, 1.54) is 26.0 Å². The highest BCUT2D eigenvalue weighted by Gasteiger charge is 2.50. The summed E-state index contributed by atoms with van der Waals surface area (Å²) in [6.45, 7) is 0. The van der Waals surface area contributed by atoms with Crippen LogP contribution in [0.4, 0.5) is 14.5 Å². The molecule has 0 bridgehead atoms. The van der Waals surface area contributed by atoms with Crippen LogP contribution < -0.4 is 5.32 Å². The molecule has 0 saturated heterocycles. The van der Waals surface area contributed by atoms with Crippen LogP contribution in [0.1, 0.15) is 15.9 Å². The van der Waals surface area contributed by atoms with E-state index in [-0.39, 0.29) is 11.3 Å². The molecule has 0 spiro atoms. The summed E-state index contributed by atoms with van der Waals surface area (Å²) in [5.41, 5.74) is -1.10. The van der Waals surface area contributed by atoms with Gasteiger partial charge in [0.2, 0.25) is 0 Å². The van der Waals surface area contributed by atoms with Crippen molar-refractivity contribution in [3.63, 3.8) is 0 Å². The van der Waals surface area contributed by atoms with E-state index in [0.717, 1.165) is 0 Å². The van der Waals surface area contributed by atoms with Gasteiger partial charge in [0.1, 0.15) is 5.68 Å². The number of hydrogen-bond acceptors (Lipinski definition) is 2. The minimum Gasteiger partial charge on any atom is -0.320 e. The fourth-order valence-corrected chi connectivity index (χ4v) is 1.60. The van der Waals surface area contributed by atoms with Crippen LogP contribution in [0.25, 0.3) is 0 Å². The molecule has 15 heavy (non-hydrogen) atoms. The van der Waals surface area contributed by atoms with Gasteiger partial charge < -0.3 is 10.1 Å². The number of carbonyl (C=O) groups is 2. The van der Waals surface area contributed by atoms with Crippen molar-refractivity contribution in [3.05, 3.63) is 29.3 Å². The van der Waals surface area contributed by atoms with Gasteiger partial charge in [-0.15, -0.1) is 0 Å². The minimum atomic E-state index is -3.61. The lowest BCUT2D eigenvalue weighted by Gasteiger charge is -2.09. The largest absolute Gasteiger partial charge is 0.352 e. The molecule has 1 aromatic rings. The second kappa shape index (κ2) is 2.89. The number of anilines is 1. The van der Waals surface area contributed by atoms with Gasteiger partial charge in [0.15, 0.2) is 7.85 Å². The Labute approximate surface area is 84.9 Å². The van der Waals surface area contributed by atoms with Crippen LogP contribution in [0.5, 0.6) is 0 Å². The number of halogens is 2. The summed E-state index contributed by atoms with van der Waals surface area (Å²) < 4.78 is 26.8. The lowest BCUT2D eigenvalue weighted by atomic mass is 9.89. The van der Waals surface area contributed by atoms with Gasteiger partial charge >= 0.3 is 5.92 Å². The first kappa shape index (κ1) is 9.83. The van der Waals surface area contributed by atoms with Crippen molar-refractivity contribution >= 4 is 25.1 Å². The zero-order chi connectivity index (χ0) is 11.2. The molecule has 6 heteroatoms. The van der Waals surface area contributed by atoms with Crippen molar-refractivity contribution in [2.45, 2.75) is 5.92 Å². The van der Waals surface area contributed by atoms with E-state index in [4.69, 9.17) is 0 Å². The van der Waals surface area contributed by atoms with Gasteiger partial charge in [-0.3, -0.25) is 4.79 Å². The molecule has 1 aliphatic rings. The van der Waals surface area contributed by atoms with Gasteiger partial charge in [0, 0.05) is 5.56 Å². The average molecular weight is 209 g/mol. The summed E-state index contributed by atoms with van der Waals surface area (Å²) in [7, 11) is 1.19. The molecule has 0 aromatic heterocycles. The second-order valence-corrected chi connectivity index (χ2v) is 3.31. The number of fused-ring (bicyclic) bond motifs is 1. The topological polar surface area (TPSA) is 46.2 Å². The van der Waals surface area contributed by atoms with Crippen molar-refractivity contribution in [3.8, 4) is 0 Å². The molecular formula is C9H6BF2NO2. The smallest absolute Gasteiger partial charge is 0.320 e. The summed E-state index contributed by atoms with van der Waals surface area (Å²) in [5, 5.41) is 2.04. The third-order valence-corrected chi connectivity index (χ3v) is 2.29. The lowest BCUT2D eigenvalue weighted by Crippen LogP contribution is -2.25. The minimum absolute atomic E-state index is 0.0118. The zero-order valence-electron chi connectivity index (χ0n) is 7.80. The van der Waals surface area contributed by atoms with Crippen LogP contribution in [-0.4, -0.2) is 19.4 Å². The normalized spacial score (nSPS) is 17.1. The maximum atomic E-state index is 13.4.